The van der Waals surface area contributed by atoms with Crippen LogP contribution in [0.25, 0.3) is 11.1 Å². The van der Waals surface area contributed by atoms with E-state index in [9.17, 15) is 5.11 Å². The number of hydrogen-bond acceptors (Lipinski definition) is 5. The van der Waals surface area contributed by atoms with Gasteiger partial charge in [-0.2, -0.15) is 0 Å². The van der Waals surface area contributed by atoms with Gasteiger partial charge in [0, 0.05) is 11.3 Å². The third kappa shape index (κ3) is 1.78. The van der Waals surface area contributed by atoms with Crippen molar-refractivity contribution in [2.45, 2.75) is 0 Å². The van der Waals surface area contributed by atoms with Crippen LogP contribution in [0.15, 0.2) is 30.3 Å². The Labute approximate surface area is 98.6 Å². The standard InChI is InChI=1S/C12H14N4O/c13-7-3-1-6(2-4-7)8-5-9(14)11(16)12(17)10(8)15/h1-5,17H,13-16H2. The summed E-state index contributed by atoms with van der Waals surface area (Å²) in [5.41, 5.74) is 25.4. The Morgan fingerprint density at radius 3 is 2.00 bits per heavy atom. The normalized spacial score (nSPS) is 10.4. The number of anilines is 4. The number of phenols is 1. The predicted molar refractivity (Wildman–Crippen MR) is 71.2 cm³/mol. The maximum Gasteiger partial charge on any atom is 0.164 e. The average molecular weight is 230 g/mol. The summed E-state index contributed by atoms with van der Waals surface area (Å²) >= 11 is 0. The number of phenolic OH excluding ortho intramolecular Hbond substituents is 1. The summed E-state index contributed by atoms with van der Waals surface area (Å²) in [5.74, 6) is -0.183. The van der Waals surface area contributed by atoms with Gasteiger partial charge in [-0.1, -0.05) is 12.1 Å². The molecule has 0 bridgehead atoms. The van der Waals surface area contributed by atoms with E-state index in [0.717, 1.165) is 5.56 Å². The molecule has 88 valence electrons. The smallest absolute Gasteiger partial charge is 0.164 e. The van der Waals surface area contributed by atoms with E-state index in [1.165, 1.54) is 0 Å². The molecule has 0 spiro atoms. The minimum absolute atomic E-state index is 0.0988. The van der Waals surface area contributed by atoms with Crippen molar-refractivity contribution in [2.24, 2.45) is 0 Å². The SMILES string of the molecule is Nc1ccc(-c2cc(N)c(N)c(O)c2N)cc1. The number of rotatable bonds is 1. The van der Waals surface area contributed by atoms with E-state index in [2.05, 4.69) is 0 Å². The van der Waals surface area contributed by atoms with Gasteiger partial charge in [-0.15, -0.1) is 0 Å². The first kappa shape index (κ1) is 10.9. The maximum atomic E-state index is 9.73. The van der Waals surface area contributed by atoms with Gasteiger partial charge in [-0.3, -0.25) is 0 Å². The van der Waals surface area contributed by atoms with Crippen LogP contribution in [-0.2, 0) is 0 Å². The zero-order chi connectivity index (χ0) is 12.6. The number of nitrogen functional groups attached to an aromatic ring is 4. The third-order valence-electron chi connectivity index (χ3n) is 2.63. The van der Waals surface area contributed by atoms with Crippen molar-refractivity contribution in [1.82, 2.24) is 0 Å². The largest absolute Gasteiger partial charge is 0.504 e. The molecule has 2 rings (SSSR count). The predicted octanol–water partition coefficient (Wildman–Crippen LogP) is 1.39. The summed E-state index contributed by atoms with van der Waals surface area (Å²) in [6.45, 7) is 0. The Hall–Kier alpha value is -2.56. The second kappa shape index (κ2) is 3.79. The van der Waals surface area contributed by atoms with Crippen LogP contribution < -0.4 is 22.9 Å². The zero-order valence-electron chi connectivity index (χ0n) is 9.14. The van der Waals surface area contributed by atoms with Gasteiger partial charge in [0.25, 0.3) is 0 Å². The lowest BCUT2D eigenvalue weighted by Crippen LogP contribution is -2.00. The third-order valence-corrected chi connectivity index (χ3v) is 2.63. The van der Waals surface area contributed by atoms with Crippen molar-refractivity contribution >= 4 is 22.7 Å². The fraction of sp³-hybridized carbons (Fsp3) is 0. The van der Waals surface area contributed by atoms with Crippen molar-refractivity contribution < 1.29 is 5.11 Å². The fourth-order valence-electron chi connectivity index (χ4n) is 1.62. The van der Waals surface area contributed by atoms with Crippen molar-refractivity contribution in [3.63, 3.8) is 0 Å². The molecule has 0 heterocycles. The van der Waals surface area contributed by atoms with Gasteiger partial charge in [0.15, 0.2) is 5.75 Å². The van der Waals surface area contributed by atoms with Crippen LogP contribution in [0.3, 0.4) is 0 Å². The summed E-state index contributed by atoms with van der Waals surface area (Å²) in [7, 11) is 0. The van der Waals surface area contributed by atoms with Crippen molar-refractivity contribution in [3.8, 4) is 16.9 Å². The van der Waals surface area contributed by atoms with E-state index in [4.69, 9.17) is 22.9 Å². The zero-order valence-corrected chi connectivity index (χ0v) is 9.14. The monoisotopic (exact) mass is 230 g/mol. The van der Waals surface area contributed by atoms with Gasteiger partial charge >= 0.3 is 0 Å². The Kier molecular flexibility index (Phi) is 2.44. The van der Waals surface area contributed by atoms with Crippen molar-refractivity contribution in [1.29, 1.82) is 0 Å². The van der Waals surface area contributed by atoms with Gasteiger partial charge in [-0.05, 0) is 23.8 Å². The van der Waals surface area contributed by atoms with Crippen LogP contribution in [0, 0.1) is 0 Å². The topological polar surface area (TPSA) is 124 Å². The lowest BCUT2D eigenvalue weighted by molar-refractivity contribution is 0.481. The van der Waals surface area contributed by atoms with Gasteiger partial charge in [0.05, 0.1) is 17.1 Å². The lowest BCUT2D eigenvalue weighted by Gasteiger charge is -2.12. The second-order valence-corrected chi connectivity index (χ2v) is 3.81. The molecular weight excluding hydrogens is 216 g/mol. The van der Waals surface area contributed by atoms with Gasteiger partial charge in [-0.25, -0.2) is 0 Å². The van der Waals surface area contributed by atoms with Crippen LogP contribution in [-0.4, -0.2) is 5.11 Å². The van der Waals surface area contributed by atoms with E-state index in [1.54, 1.807) is 30.3 Å². The molecule has 5 nitrogen and oxygen atoms in total. The summed E-state index contributed by atoms with van der Waals surface area (Å²) in [6.07, 6.45) is 0. The molecule has 0 atom stereocenters. The highest BCUT2D eigenvalue weighted by atomic mass is 16.3. The molecule has 0 aliphatic rings. The minimum atomic E-state index is -0.183. The molecule has 0 fully saturated rings. The molecule has 0 aliphatic carbocycles. The van der Waals surface area contributed by atoms with Crippen molar-refractivity contribution in [3.05, 3.63) is 30.3 Å². The average Bonchev–Trinajstić information content (AvgIpc) is 2.32. The van der Waals surface area contributed by atoms with Gasteiger partial charge in [0.1, 0.15) is 0 Å². The summed E-state index contributed by atoms with van der Waals surface area (Å²) in [4.78, 5) is 0. The van der Waals surface area contributed by atoms with E-state index in [1.807, 2.05) is 0 Å². The first-order valence-electron chi connectivity index (χ1n) is 5.03. The second-order valence-electron chi connectivity index (χ2n) is 3.81. The molecule has 17 heavy (non-hydrogen) atoms. The molecule has 0 amide bonds. The van der Waals surface area contributed by atoms with Crippen LogP contribution in [0.2, 0.25) is 0 Å². The first-order chi connectivity index (χ1) is 8.00. The number of hydrogen-bond donors (Lipinski definition) is 5. The molecule has 0 saturated heterocycles. The van der Waals surface area contributed by atoms with E-state index in [-0.39, 0.29) is 17.1 Å². The summed E-state index contributed by atoms with van der Waals surface area (Å²) < 4.78 is 0. The summed E-state index contributed by atoms with van der Waals surface area (Å²) in [6, 6.07) is 8.73. The van der Waals surface area contributed by atoms with Crippen LogP contribution in [0.1, 0.15) is 0 Å². The van der Waals surface area contributed by atoms with Crippen LogP contribution >= 0.6 is 0 Å². The first-order valence-corrected chi connectivity index (χ1v) is 5.03. The molecule has 0 unspecified atom stereocenters. The van der Waals surface area contributed by atoms with Gasteiger partial charge < -0.3 is 28.0 Å². The van der Waals surface area contributed by atoms with Crippen LogP contribution in [0.5, 0.6) is 5.75 Å². The minimum Gasteiger partial charge on any atom is -0.504 e. The quantitative estimate of drug-likeness (QED) is 0.374. The number of nitrogens with two attached hydrogens (primary N) is 4. The lowest BCUT2D eigenvalue weighted by atomic mass is 10.0. The molecular formula is C12H14N4O. The summed E-state index contributed by atoms with van der Waals surface area (Å²) in [5, 5.41) is 9.73. The Bertz CT molecular complexity index is 564. The molecule has 0 aromatic heterocycles. The van der Waals surface area contributed by atoms with Crippen LogP contribution in [0.4, 0.5) is 22.7 Å². The molecule has 9 N–H and O–H groups in total. The molecule has 5 heteroatoms. The highest BCUT2D eigenvalue weighted by molar-refractivity contribution is 5.91. The fourth-order valence-corrected chi connectivity index (χ4v) is 1.62. The molecule has 2 aromatic carbocycles. The van der Waals surface area contributed by atoms with Gasteiger partial charge in [0.2, 0.25) is 0 Å². The Morgan fingerprint density at radius 1 is 0.824 bits per heavy atom. The number of benzene rings is 2. The van der Waals surface area contributed by atoms with E-state index >= 15 is 0 Å². The molecule has 0 saturated carbocycles. The molecule has 0 aliphatic heterocycles. The highest BCUT2D eigenvalue weighted by Gasteiger charge is 2.12. The Morgan fingerprint density at radius 2 is 1.41 bits per heavy atom. The number of aromatic hydroxyl groups is 1. The highest BCUT2D eigenvalue weighted by Crippen LogP contribution is 2.40. The molecule has 0 radical (unpaired) electrons. The van der Waals surface area contributed by atoms with E-state index in [0.29, 0.717) is 16.9 Å². The Balaban J connectivity index is 2.64. The maximum absolute atomic E-state index is 9.73. The molecule has 2 aromatic rings. The van der Waals surface area contributed by atoms with Crippen molar-refractivity contribution in [2.75, 3.05) is 22.9 Å². The van der Waals surface area contributed by atoms with E-state index < -0.39 is 0 Å².